The van der Waals surface area contributed by atoms with E-state index in [-0.39, 0.29) is 0 Å². The molecule has 4 nitrogen and oxygen atoms in total. The van der Waals surface area contributed by atoms with Crippen molar-refractivity contribution in [2.45, 2.75) is 58.7 Å². The fourth-order valence-corrected chi connectivity index (χ4v) is 3.39. The Hall–Kier alpha value is -2.04. The van der Waals surface area contributed by atoms with E-state index in [1.165, 1.54) is 5.57 Å². The quantitative estimate of drug-likeness (QED) is 0.667. The molecule has 0 aliphatic rings. The Labute approximate surface area is 162 Å². The Bertz CT molecular complexity index is 815. The van der Waals surface area contributed by atoms with Crippen molar-refractivity contribution >= 4 is 10.8 Å². The molecule has 148 valence electrons. The summed E-state index contributed by atoms with van der Waals surface area (Å²) in [5.74, 6) is 1.76. The van der Waals surface area contributed by atoms with E-state index < -0.39 is 11.7 Å². The van der Waals surface area contributed by atoms with E-state index in [0.29, 0.717) is 6.42 Å². The molecule has 2 aromatic rings. The number of hydrogen-bond donors (Lipinski definition) is 2. The van der Waals surface area contributed by atoms with Crippen LogP contribution in [0.2, 0.25) is 0 Å². The third kappa shape index (κ3) is 4.82. The molecule has 0 bridgehead atoms. The maximum absolute atomic E-state index is 10.0. The largest absolute Gasteiger partial charge is 0.496 e. The normalized spacial score (nSPS) is 13.7. The summed E-state index contributed by atoms with van der Waals surface area (Å²) in [7, 11) is 3.40. The monoisotopic (exact) mass is 372 g/mol. The highest BCUT2D eigenvalue weighted by Gasteiger charge is 2.23. The lowest BCUT2D eigenvalue weighted by Gasteiger charge is -2.24. The Morgan fingerprint density at radius 3 is 2.19 bits per heavy atom. The first-order chi connectivity index (χ1) is 12.7. The molecular formula is C23H32O4. The van der Waals surface area contributed by atoms with Crippen molar-refractivity contribution in [2.24, 2.45) is 0 Å². The van der Waals surface area contributed by atoms with Crippen molar-refractivity contribution in [3.8, 4) is 11.5 Å². The maximum atomic E-state index is 10.0. The molecule has 0 aliphatic carbocycles. The van der Waals surface area contributed by atoms with Crippen LogP contribution in [0, 0.1) is 6.92 Å². The molecule has 0 aromatic heterocycles. The van der Waals surface area contributed by atoms with Gasteiger partial charge in [0.15, 0.2) is 0 Å². The molecule has 0 aliphatic heterocycles. The Morgan fingerprint density at radius 2 is 1.67 bits per heavy atom. The summed E-state index contributed by atoms with van der Waals surface area (Å²) in [6, 6.07) is 8.10. The Balaban J connectivity index is 2.31. The van der Waals surface area contributed by atoms with Crippen LogP contribution in [0.1, 0.15) is 44.7 Å². The lowest BCUT2D eigenvalue weighted by Crippen LogP contribution is -2.35. The number of aliphatic hydroxyl groups excluding tert-OH is 1. The number of ether oxygens (including phenoxy) is 2. The van der Waals surface area contributed by atoms with Gasteiger partial charge in [-0.2, -0.15) is 0 Å². The summed E-state index contributed by atoms with van der Waals surface area (Å²) in [5, 5.41) is 22.0. The third-order valence-corrected chi connectivity index (χ3v) is 5.17. The second-order valence-electron chi connectivity index (χ2n) is 7.68. The van der Waals surface area contributed by atoms with E-state index in [0.717, 1.165) is 46.2 Å². The average Bonchev–Trinajstić information content (AvgIpc) is 2.63. The fraction of sp³-hybridized carbons (Fsp3) is 0.478. The van der Waals surface area contributed by atoms with Gasteiger partial charge in [-0.25, -0.2) is 0 Å². The van der Waals surface area contributed by atoms with Crippen molar-refractivity contribution in [2.75, 3.05) is 14.2 Å². The third-order valence-electron chi connectivity index (χ3n) is 5.17. The Morgan fingerprint density at radius 1 is 1.11 bits per heavy atom. The van der Waals surface area contributed by atoms with Gasteiger partial charge in [0.1, 0.15) is 11.5 Å². The van der Waals surface area contributed by atoms with Gasteiger partial charge in [-0.3, -0.25) is 0 Å². The lowest BCUT2D eigenvalue weighted by atomic mass is 9.93. The van der Waals surface area contributed by atoms with Crippen LogP contribution in [0.25, 0.3) is 10.8 Å². The number of rotatable bonds is 8. The number of methoxy groups -OCH3 is 2. The van der Waals surface area contributed by atoms with Crippen LogP contribution in [0.15, 0.2) is 35.9 Å². The zero-order chi connectivity index (χ0) is 20.2. The standard InChI is InChI=1S/C23H32O4/c1-15(12-14-20(24)23(3,4)25)11-13-17-16(2)21(26-5)18-9-7-8-10-19(18)22(17)27-6/h7-11,20,24-25H,12-14H2,1-6H3/b15-11+. The molecule has 1 atom stereocenters. The highest BCUT2D eigenvalue weighted by Crippen LogP contribution is 2.40. The summed E-state index contributed by atoms with van der Waals surface area (Å²) in [6.45, 7) is 7.38. The first kappa shape index (κ1) is 21.3. The minimum absolute atomic E-state index is 0.531. The highest BCUT2D eigenvalue weighted by atomic mass is 16.5. The van der Waals surface area contributed by atoms with Gasteiger partial charge in [0.2, 0.25) is 0 Å². The van der Waals surface area contributed by atoms with E-state index >= 15 is 0 Å². The number of fused-ring (bicyclic) bond motifs is 1. The van der Waals surface area contributed by atoms with E-state index in [2.05, 4.69) is 26.0 Å². The fourth-order valence-electron chi connectivity index (χ4n) is 3.39. The Kier molecular flexibility index (Phi) is 6.90. The van der Waals surface area contributed by atoms with Crippen LogP contribution in [0.4, 0.5) is 0 Å². The molecule has 2 rings (SSSR count). The second-order valence-corrected chi connectivity index (χ2v) is 7.68. The van der Waals surface area contributed by atoms with Gasteiger partial charge in [0.05, 0.1) is 25.9 Å². The number of hydrogen-bond acceptors (Lipinski definition) is 4. The molecular weight excluding hydrogens is 340 g/mol. The molecule has 0 radical (unpaired) electrons. The number of allylic oxidation sites excluding steroid dienone is 2. The van der Waals surface area contributed by atoms with E-state index in [4.69, 9.17) is 9.47 Å². The predicted molar refractivity (Wildman–Crippen MR) is 111 cm³/mol. The maximum Gasteiger partial charge on any atom is 0.130 e. The van der Waals surface area contributed by atoms with Crippen LogP contribution in [-0.2, 0) is 6.42 Å². The molecule has 0 saturated heterocycles. The van der Waals surface area contributed by atoms with E-state index in [9.17, 15) is 10.2 Å². The molecule has 0 amide bonds. The van der Waals surface area contributed by atoms with Crippen molar-refractivity contribution in [3.05, 3.63) is 47.0 Å². The molecule has 0 spiro atoms. The van der Waals surface area contributed by atoms with E-state index in [1.54, 1.807) is 28.1 Å². The zero-order valence-electron chi connectivity index (χ0n) is 17.3. The van der Waals surface area contributed by atoms with Crippen LogP contribution < -0.4 is 9.47 Å². The number of aliphatic hydroxyl groups is 2. The smallest absolute Gasteiger partial charge is 0.130 e. The predicted octanol–water partition coefficient (Wildman–Crippen LogP) is 4.57. The van der Waals surface area contributed by atoms with Gasteiger partial charge in [-0.1, -0.05) is 35.9 Å². The summed E-state index contributed by atoms with van der Waals surface area (Å²) < 4.78 is 11.4. The molecule has 4 heteroatoms. The van der Waals surface area contributed by atoms with E-state index in [1.807, 2.05) is 18.2 Å². The zero-order valence-corrected chi connectivity index (χ0v) is 17.3. The second kappa shape index (κ2) is 8.77. The lowest BCUT2D eigenvalue weighted by molar-refractivity contribution is -0.0509. The first-order valence-electron chi connectivity index (χ1n) is 9.38. The van der Waals surface area contributed by atoms with Crippen molar-refractivity contribution in [1.82, 2.24) is 0 Å². The van der Waals surface area contributed by atoms with Gasteiger partial charge >= 0.3 is 0 Å². The summed E-state index contributed by atoms with van der Waals surface area (Å²) >= 11 is 0. The van der Waals surface area contributed by atoms with Crippen LogP contribution in [0.3, 0.4) is 0 Å². The van der Waals surface area contributed by atoms with Gasteiger partial charge in [0, 0.05) is 16.3 Å². The van der Waals surface area contributed by atoms with Gasteiger partial charge in [0.25, 0.3) is 0 Å². The number of benzene rings is 2. The molecule has 2 aromatic carbocycles. The first-order valence-corrected chi connectivity index (χ1v) is 9.38. The molecule has 1 unspecified atom stereocenters. The molecule has 27 heavy (non-hydrogen) atoms. The topological polar surface area (TPSA) is 58.9 Å². The summed E-state index contributed by atoms with van der Waals surface area (Å²) in [6.07, 6.45) is 3.41. The van der Waals surface area contributed by atoms with Crippen molar-refractivity contribution in [3.63, 3.8) is 0 Å². The van der Waals surface area contributed by atoms with Gasteiger partial charge in [-0.15, -0.1) is 0 Å². The van der Waals surface area contributed by atoms with Crippen LogP contribution in [0.5, 0.6) is 11.5 Å². The minimum Gasteiger partial charge on any atom is -0.496 e. The average molecular weight is 373 g/mol. The highest BCUT2D eigenvalue weighted by molar-refractivity contribution is 5.96. The van der Waals surface area contributed by atoms with Crippen LogP contribution in [-0.4, -0.2) is 36.1 Å². The van der Waals surface area contributed by atoms with Crippen molar-refractivity contribution in [1.29, 1.82) is 0 Å². The van der Waals surface area contributed by atoms with Gasteiger partial charge < -0.3 is 19.7 Å². The summed E-state index contributed by atoms with van der Waals surface area (Å²) in [5.41, 5.74) is 2.28. The van der Waals surface area contributed by atoms with Crippen LogP contribution >= 0.6 is 0 Å². The molecule has 0 saturated carbocycles. The molecule has 2 N–H and O–H groups in total. The summed E-state index contributed by atoms with van der Waals surface area (Å²) in [4.78, 5) is 0. The molecule has 0 fully saturated rings. The van der Waals surface area contributed by atoms with Gasteiger partial charge in [-0.05, 0) is 52.5 Å². The minimum atomic E-state index is -1.08. The molecule has 0 heterocycles. The SMILES string of the molecule is COc1c(C)c(C/C=C(\C)CCC(O)C(C)(C)O)c(OC)c2ccccc12. The van der Waals surface area contributed by atoms with Crippen molar-refractivity contribution < 1.29 is 19.7 Å².